The van der Waals surface area contributed by atoms with E-state index in [0.29, 0.717) is 23.1 Å². The first kappa shape index (κ1) is 20.4. The maximum Gasteiger partial charge on any atom is 0.264 e. The van der Waals surface area contributed by atoms with Crippen LogP contribution in [-0.4, -0.2) is 46.7 Å². The molecule has 28 heavy (non-hydrogen) atoms. The molecule has 2 unspecified atom stereocenters. The van der Waals surface area contributed by atoms with E-state index in [9.17, 15) is 13.2 Å². The molecule has 0 saturated carbocycles. The van der Waals surface area contributed by atoms with Crippen LogP contribution in [0.3, 0.4) is 0 Å². The van der Waals surface area contributed by atoms with E-state index in [-0.39, 0.29) is 17.5 Å². The summed E-state index contributed by atoms with van der Waals surface area (Å²) in [5.41, 5.74) is 0.381. The van der Waals surface area contributed by atoms with Crippen molar-refractivity contribution >= 4 is 33.2 Å². The summed E-state index contributed by atoms with van der Waals surface area (Å²) < 4.78 is 38.4. The number of amides is 1. The number of carbonyl (C=O) groups excluding carboxylic acids is 1. The molecule has 0 bridgehead atoms. The maximum absolute atomic E-state index is 13.2. The molecule has 1 aliphatic rings. The molecule has 0 aromatic heterocycles. The number of nitrogens with one attached hydrogen (secondary N) is 1. The molecule has 1 heterocycles. The van der Waals surface area contributed by atoms with Gasteiger partial charge in [0.1, 0.15) is 5.75 Å². The maximum atomic E-state index is 13.2. The minimum absolute atomic E-state index is 0.0838. The number of halogens is 1. The van der Waals surface area contributed by atoms with Crippen LogP contribution in [0.5, 0.6) is 5.75 Å². The van der Waals surface area contributed by atoms with Gasteiger partial charge in [0.15, 0.2) is 6.10 Å². The number of sulfonamides is 1. The zero-order valence-corrected chi connectivity index (χ0v) is 17.0. The predicted molar refractivity (Wildman–Crippen MR) is 106 cm³/mol. The second-order valence-electron chi connectivity index (χ2n) is 6.43. The fourth-order valence-electron chi connectivity index (χ4n) is 2.93. The molecule has 2 aromatic carbocycles. The smallest absolute Gasteiger partial charge is 0.264 e. The average Bonchev–Trinajstić information content (AvgIpc) is 2.67. The number of nitrogens with zero attached hydrogens (tertiary/aromatic N) is 1. The van der Waals surface area contributed by atoms with Crippen LogP contribution in [0.25, 0.3) is 0 Å². The zero-order chi connectivity index (χ0) is 20.3. The monoisotopic (exact) mass is 424 g/mol. The van der Waals surface area contributed by atoms with E-state index in [2.05, 4.69) is 5.32 Å². The molecule has 1 N–H and O–H groups in total. The fraction of sp³-hybridized carbons (Fsp3) is 0.316. The molecule has 7 nitrogen and oxygen atoms in total. The highest BCUT2D eigenvalue weighted by Crippen LogP contribution is 2.36. The van der Waals surface area contributed by atoms with Crippen LogP contribution in [0.2, 0.25) is 5.02 Å². The Morgan fingerprint density at radius 1 is 1.29 bits per heavy atom. The Kier molecular flexibility index (Phi) is 6.12. The first-order valence-corrected chi connectivity index (χ1v) is 10.5. The molecule has 3 rings (SSSR count). The number of fused-ring (bicyclic) bond motifs is 1. The number of para-hydroxylation sites is 2. The SMILES string of the molecule is COCC(C)NC(=O)C1CN(S(=O)(=O)c2ccc(Cl)cc2)c2ccccc2O1. The zero-order valence-electron chi connectivity index (χ0n) is 15.5. The summed E-state index contributed by atoms with van der Waals surface area (Å²) in [6.07, 6.45) is -0.990. The largest absolute Gasteiger partial charge is 0.476 e. The van der Waals surface area contributed by atoms with Crippen molar-refractivity contribution in [3.8, 4) is 5.75 Å². The molecule has 1 amide bonds. The van der Waals surface area contributed by atoms with Gasteiger partial charge in [0.25, 0.3) is 15.9 Å². The summed E-state index contributed by atoms with van der Waals surface area (Å²) in [5.74, 6) is -0.0822. The van der Waals surface area contributed by atoms with E-state index in [0.717, 1.165) is 0 Å². The van der Waals surface area contributed by atoms with E-state index < -0.39 is 22.0 Å². The molecule has 1 aliphatic heterocycles. The molecule has 0 radical (unpaired) electrons. The van der Waals surface area contributed by atoms with Crippen LogP contribution >= 0.6 is 11.6 Å². The van der Waals surface area contributed by atoms with Gasteiger partial charge in [-0.05, 0) is 43.3 Å². The molecule has 0 aliphatic carbocycles. The molecule has 0 fully saturated rings. The Hall–Kier alpha value is -2.29. The van der Waals surface area contributed by atoms with E-state index in [1.807, 2.05) is 0 Å². The summed E-state index contributed by atoms with van der Waals surface area (Å²) in [6, 6.07) is 12.4. The number of benzene rings is 2. The molecule has 0 saturated heterocycles. The van der Waals surface area contributed by atoms with Crippen LogP contribution in [-0.2, 0) is 19.6 Å². The normalized spacial score (nSPS) is 17.4. The lowest BCUT2D eigenvalue weighted by Gasteiger charge is -2.35. The summed E-state index contributed by atoms with van der Waals surface area (Å²) in [6.45, 7) is 1.98. The summed E-state index contributed by atoms with van der Waals surface area (Å²) in [4.78, 5) is 12.7. The molecule has 9 heteroatoms. The summed E-state index contributed by atoms with van der Waals surface area (Å²) >= 11 is 5.88. The number of methoxy groups -OCH3 is 1. The molecule has 2 atom stereocenters. The first-order chi connectivity index (χ1) is 13.3. The van der Waals surface area contributed by atoms with Crippen molar-refractivity contribution in [3.63, 3.8) is 0 Å². The Balaban J connectivity index is 1.93. The number of ether oxygens (including phenoxy) is 2. The van der Waals surface area contributed by atoms with Crippen LogP contribution in [0.1, 0.15) is 6.92 Å². The van der Waals surface area contributed by atoms with E-state index >= 15 is 0 Å². The van der Waals surface area contributed by atoms with Gasteiger partial charge in [0.2, 0.25) is 0 Å². The standard InChI is InChI=1S/C19H21ClN2O5S/c1-13(12-26-2)21-19(23)18-11-22(16-5-3-4-6-17(16)27-18)28(24,25)15-9-7-14(20)8-10-15/h3-10,13,18H,11-12H2,1-2H3,(H,21,23). The fourth-order valence-corrected chi connectivity index (χ4v) is 4.53. The van der Waals surface area contributed by atoms with Gasteiger partial charge < -0.3 is 14.8 Å². The van der Waals surface area contributed by atoms with Gasteiger partial charge in [-0.3, -0.25) is 9.10 Å². The van der Waals surface area contributed by atoms with Gasteiger partial charge in [-0.2, -0.15) is 0 Å². The van der Waals surface area contributed by atoms with E-state index in [1.165, 1.54) is 35.7 Å². The van der Waals surface area contributed by atoms with Crippen molar-refractivity contribution in [1.82, 2.24) is 5.32 Å². The van der Waals surface area contributed by atoms with Crippen molar-refractivity contribution in [2.45, 2.75) is 24.0 Å². The number of hydrogen-bond donors (Lipinski definition) is 1. The Bertz CT molecular complexity index is 949. The summed E-state index contributed by atoms with van der Waals surface area (Å²) in [7, 11) is -2.37. The van der Waals surface area contributed by atoms with Crippen LogP contribution < -0.4 is 14.4 Å². The van der Waals surface area contributed by atoms with Gasteiger partial charge in [0, 0.05) is 18.2 Å². The van der Waals surface area contributed by atoms with Gasteiger partial charge in [-0.15, -0.1) is 0 Å². The molecule has 2 aromatic rings. The quantitative estimate of drug-likeness (QED) is 0.769. The molecular weight excluding hydrogens is 404 g/mol. The third kappa shape index (κ3) is 4.24. The van der Waals surface area contributed by atoms with Crippen molar-refractivity contribution in [3.05, 3.63) is 53.6 Å². The topological polar surface area (TPSA) is 84.9 Å². The third-order valence-electron chi connectivity index (χ3n) is 4.23. The average molecular weight is 425 g/mol. The molecule has 150 valence electrons. The Morgan fingerprint density at radius 3 is 2.64 bits per heavy atom. The lowest BCUT2D eigenvalue weighted by atomic mass is 10.2. The number of hydrogen-bond acceptors (Lipinski definition) is 5. The van der Waals surface area contributed by atoms with Crippen molar-refractivity contribution in [2.24, 2.45) is 0 Å². The van der Waals surface area contributed by atoms with Crippen LogP contribution in [0.15, 0.2) is 53.4 Å². The van der Waals surface area contributed by atoms with Gasteiger partial charge in [0.05, 0.1) is 23.7 Å². The van der Waals surface area contributed by atoms with E-state index in [4.69, 9.17) is 21.1 Å². The number of carbonyl (C=O) groups is 1. The second-order valence-corrected chi connectivity index (χ2v) is 8.73. The number of anilines is 1. The lowest BCUT2D eigenvalue weighted by Crippen LogP contribution is -2.52. The Labute approximate surface area is 169 Å². The lowest BCUT2D eigenvalue weighted by molar-refractivity contribution is -0.128. The molecule has 0 spiro atoms. The predicted octanol–water partition coefficient (Wildman–Crippen LogP) is 2.45. The van der Waals surface area contributed by atoms with Crippen molar-refractivity contribution in [2.75, 3.05) is 24.6 Å². The van der Waals surface area contributed by atoms with Gasteiger partial charge >= 0.3 is 0 Å². The summed E-state index contributed by atoms with van der Waals surface area (Å²) in [5, 5.41) is 3.21. The minimum atomic E-state index is -3.91. The van der Waals surface area contributed by atoms with Crippen molar-refractivity contribution < 1.29 is 22.7 Å². The first-order valence-electron chi connectivity index (χ1n) is 8.66. The highest BCUT2D eigenvalue weighted by atomic mass is 35.5. The molecular formula is C19H21ClN2O5S. The highest BCUT2D eigenvalue weighted by molar-refractivity contribution is 7.92. The minimum Gasteiger partial charge on any atom is -0.476 e. The number of rotatable bonds is 6. The van der Waals surface area contributed by atoms with Gasteiger partial charge in [-0.25, -0.2) is 8.42 Å². The van der Waals surface area contributed by atoms with Crippen LogP contribution in [0, 0.1) is 0 Å². The highest BCUT2D eigenvalue weighted by Gasteiger charge is 2.37. The van der Waals surface area contributed by atoms with E-state index in [1.54, 1.807) is 31.2 Å². The Morgan fingerprint density at radius 2 is 1.96 bits per heavy atom. The second kappa shape index (κ2) is 8.38. The van der Waals surface area contributed by atoms with Crippen LogP contribution in [0.4, 0.5) is 5.69 Å². The third-order valence-corrected chi connectivity index (χ3v) is 6.28. The van der Waals surface area contributed by atoms with Gasteiger partial charge in [-0.1, -0.05) is 23.7 Å². The van der Waals surface area contributed by atoms with Crippen molar-refractivity contribution in [1.29, 1.82) is 0 Å².